The van der Waals surface area contributed by atoms with Crippen LogP contribution in [0.25, 0.3) is 0 Å². The molecule has 2 aromatic rings. The van der Waals surface area contributed by atoms with Crippen molar-refractivity contribution in [1.82, 2.24) is 4.98 Å². The number of aliphatic hydroxyl groups is 1. The fourth-order valence-electron chi connectivity index (χ4n) is 1.40. The molecule has 1 aromatic carbocycles. The molecule has 0 saturated heterocycles. The summed E-state index contributed by atoms with van der Waals surface area (Å²) in [6, 6.07) is 9.78. The van der Waals surface area contributed by atoms with E-state index in [9.17, 15) is 5.11 Å². The van der Waals surface area contributed by atoms with Gasteiger partial charge in [0, 0.05) is 20.0 Å². The van der Waals surface area contributed by atoms with E-state index < -0.39 is 6.10 Å². The number of hydrogen-bond donors (Lipinski definition) is 1. The highest BCUT2D eigenvalue weighted by molar-refractivity contribution is 9.10. The average Bonchev–Trinajstić information content (AvgIpc) is 2.34. The van der Waals surface area contributed by atoms with Crippen LogP contribution in [0.4, 0.5) is 0 Å². The predicted octanol–water partition coefficient (Wildman–Crippen LogP) is 4.81. The van der Waals surface area contributed by atoms with Gasteiger partial charge in [-0.05, 0) is 68.6 Å². The molecule has 1 unspecified atom stereocenters. The van der Waals surface area contributed by atoms with Gasteiger partial charge in [0.05, 0.1) is 6.10 Å². The van der Waals surface area contributed by atoms with Gasteiger partial charge in [0.25, 0.3) is 0 Å². The van der Waals surface area contributed by atoms with Crippen LogP contribution in [0.3, 0.4) is 0 Å². The molecule has 1 heterocycles. The second kappa shape index (κ2) is 6.19. The molecular formula is C13H11Br2NOS. The normalized spacial score (nSPS) is 12.4. The Kier molecular flexibility index (Phi) is 4.84. The van der Waals surface area contributed by atoms with Crippen molar-refractivity contribution < 1.29 is 5.11 Å². The highest BCUT2D eigenvalue weighted by atomic mass is 79.9. The molecule has 1 aromatic heterocycles. The van der Waals surface area contributed by atoms with Crippen molar-refractivity contribution in [3.05, 3.63) is 51.0 Å². The number of hydrogen-bond acceptors (Lipinski definition) is 3. The predicted molar refractivity (Wildman–Crippen MR) is 80.8 cm³/mol. The lowest BCUT2D eigenvalue weighted by Gasteiger charge is -2.08. The van der Waals surface area contributed by atoms with E-state index in [2.05, 4.69) is 36.8 Å². The summed E-state index contributed by atoms with van der Waals surface area (Å²) in [5.74, 6) is 0. The van der Waals surface area contributed by atoms with Crippen molar-refractivity contribution in [3.63, 3.8) is 0 Å². The molecule has 0 bridgehead atoms. The Hall–Kier alpha value is -0.360. The molecule has 0 aliphatic rings. The van der Waals surface area contributed by atoms with Crippen molar-refractivity contribution >= 4 is 43.6 Å². The Morgan fingerprint density at radius 3 is 2.56 bits per heavy atom. The van der Waals surface area contributed by atoms with Gasteiger partial charge in [-0.1, -0.05) is 17.8 Å². The van der Waals surface area contributed by atoms with Gasteiger partial charge in [0.1, 0.15) is 5.03 Å². The standard InChI is InChI=1S/C13H11Br2NOS/c1-8(17)9-2-4-12(11(15)6-9)18-13-5-3-10(14)7-16-13/h2-8,17H,1H3. The smallest absolute Gasteiger partial charge is 0.101 e. The van der Waals surface area contributed by atoms with Gasteiger partial charge >= 0.3 is 0 Å². The Bertz CT molecular complexity index is 543. The fraction of sp³-hybridized carbons (Fsp3) is 0.154. The van der Waals surface area contributed by atoms with Crippen molar-refractivity contribution in [1.29, 1.82) is 0 Å². The van der Waals surface area contributed by atoms with E-state index in [1.807, 2.05) is 30.3 Å². The minimum atomic E-state index is -0.453. The zero-order chi connectivity index (χ0) is 13.1. The van der Waals surface area contributed by atoms with Crippen LogP contribution in [0.2, 0.25) is 0 Å². The van der Waals surface area contributed by atoms with E-state index >= 15 is 0 Å². The summed E-state index contributed by atoms with van der Waals surface area (Å²) in [6.45, 7) is 1.75. The number of aliphatic hydroxyl groups excluding tert-OH is 1. The first-order chi connectivity index (χ1) is 8.56. The molecule has 0 radical (unpaired) electrons. The minimum Gasteiger partial charge on any atom is -0.389 e. The molecule has 5 heteroatoms. The summed E-state index contributed by atoms with van der Waals surface area (Å²) >= 11 is 8.46. The third-order valence-corrected chi connectivity index (χ3v) is 4.77. The quantitative estimate of drug-likeness (QED) is 0.818. The van der Waals surface area contributed by atoms with E-state index in [0.717, 1.165) is 24.4 Å². The maximum absolute atomic E-state index is 9.51. The van der Waals surface area contributed by atoms with Crippen LogP contribution in [-0.4, -0.2) is 10.1 Å². The van der Waals surface area contributed by atoms with Gasteiger partial charge < -0.3 is 5.11 Å². The molecule has 0 aliphatic heterocycles. The van der Waals surface area contributed by atoms with Crippen LogP contribution in [0.15, 0.2) is 55.4 Å². The molecule has 2 nitrogen and oxygen atoms in total. The van der Waals surface area contributed by atoms with Gasteiger partial charge in [-0.3, -0.25) is 0 Å². The molecule has 0 fully saturated rings. The van der Waals surface area contributed by atoms with Gasteiger partial charge in [-0.15, -0.1) is 0 Å². The van der Waals surface area contributed by atoms with E-state index in [4.69, 9.17) is 0 Å². The SMILES string of the molecule is CC(O)c1ccc(Sc2ccc(Br)cn2)c(Br)c1. The van der Waals surface area contributed by atoms with Gasteiger partial charge in [-0.2, -0.15) is 0 Å². The Morgan fingerprint density at radius 2 is 2.00 bits per heavy atom. The first kappa shape index (κ1) is 14.1. The zero-order valence-electron chi connectivity index (χ0n) is 9.60. The summed E-state index contributed by atoms with van der Waals surface area (Å²) < 4.78 is 1.94. The first-order valence-corrected chi connectivity index (χ1v) is 7.73. The summed E-state index contributed by atoms with van der Waals surface area (Å²) in [5.41, 5.74) is 0.898. The lowest BCUT2D eigenvalue weighted by Crippen LogP contribution is -1.91. The maximum atomic E-state index is 9.51. The number of pyridine rings is 1. The molecule has 0 saturated carbocycles. The molecule has 94 valence electrons. The maximum Gasteiger partial charge on any atom is 0.101 e. The van der Waals surface area contributed by atoms with Crippen LogP contribution in [-0.2, 0) is 0 Å². The number of aromatic nitrogens is 1. The van der Waals surface area contributed by atoms with Crippen LogP contribution in [0.1, 0.15) is 18.6 Å². The lowest BCUT2D eigenvalue weighted by atomic mass is 10.1. The summed E-state index contributed by atoms with van der Waals surface area (Å²) in [7, 11) is 0. The van der Waals surface area contributed by atoms with E-state index in [1.165, 1.54) is 0 Å². The fourth-order valence-corrected chi connectivity index (χ4v) is 3.03. The van der Waals surface area contributed by atoms with Gasteiger partial charge in [0.15, 0.2) is 0 Å². The van der Waals surface area contributed by atoms with E-state index in [0.29, 0.717) is 0 Å². The molecular weight excluding hydrogens is 378 g/mol. The third-order valence-electron chi connectivity index (χ3n) is 2.35. The number of benzene rings is 1. The molecule has 1 atom stereocenters. The number of halogens is 2. The summed E-state index contributed by atoms with van der Waals surface area (Å²) in [5, 5.41) is 10.4. The largest absolute Gasteiger partial charge is 0.389 e. The van der Waals surface area contributed by atoms with Gasteiger partial charge in [0.2, 0.25) is 0 Å². The Labute approximate surface area is 127 Å². The van der Waals surface area contributed by atoms with Crippen LogP contribution in [0, 0.1) is 0 Å². The van der Waals surface area contributed by atoms with Crippen molar-refractivity contribution in [2.75, 3.05) is 0 Å². The number of nitrogens with zero attached hydrogens (tertiary/aromatic N) is 1. The second-order valence-corrected chi connectivity index (χ2v) is 6.61. The van der Waals surface area contributed by atoms with Crippen molar-refractivity contribution in [3.8, 4) is 0 Å². The minimum absolute atomic E-state index is 0.453. The first-order valence-electron chi connectivity index (χ1n) is 5.33. The molecule has 0 amide bonds. The molecule has 0 aliphatic carbocycles. The Balaban J connectivity index is 2.22. The van der Waals surface area contributed by atoms with Crippen LogP contribution in [0.5, 0.6) is 0 Å². The molecule has 1 N–H and O–H groups in total. The average molecular weight is 389 g/mol. The topological polar surface area (TPSA) is 33.1 Å². The lowest BCUT2D eigenvalue weighted by molar-refractivity contribution is 0.199. The Morgan fingerprint density at radius 1 is 1.22 bits per heavy atom. The highest BCUT2D eigenvalue weighted by Gasteiger charge is 2.07. The molecule has 0 spiro atoms. The monoisotopic (exact) mass is 387 g/mol. The van der Waals surface area contributed by atoms with E-state index in [-0.39, 0.29) is 0 Å². The summed E-state index contributed by atoms with van der Waals surface area (Å²) in [4.78, 5) is 5.40. The van der Waals surface area contributed by atoms with Crippen LogP contribution >= 0.6 is 43.6 Å². The van der Waals surface area contributed by atoms with Crippen LogP contribution < -0.4 is 0 Å². The zero-order valence-corrected chi connectivity index (χ0v) is 13.6. The van der Waals surface area contributed by atoms with Gasteiger partial charge in [-0.25, -0.2) is 4.98 Å². The number of rotatable bonds is 3. The molecule has 2 rings (SSSR count). The summed E-state index contributed by atoms with van der Waals surface area (Å²) in [6.07, 6.45) is 1.33. The van der Waals surface area contributed by atoms with Crippen molar-refractivity contribution in [2.24, 2.45) is 0 Å². The van der Waals surface area contributed by atoms with Crippen molar-refractivity contribution in [2.45, 2.75) is 22.9 Å². The third kappa shape index (κ3) is 3.57. The second-order valence-electron chi connectivity index (χ2n) is 3.78. The molecule has 18 heavy (non-hydrogen) atoms. The highest BCUT2D eigenvalue weighted by Crippen LogP contribution is 2.34. The van der Waals surface area contributed by atoms with E-state index in [1.54, 1.807) is 24.9 Å².